The molecule has 1 aromatic heterocycles. The standard InChI is InChI=1S/C18H28N6O2/c19-16-13-6-5-12(9-13)15(16)17(26)21-18-20-11-24(22-18)10-14(25)23-7-3-1-2-4-8-23/h11-13,15-16H,1-10,19H2,(H,21,22,26). The number of nitrogens with zero attached hydrogens (tertiary/aromatic N) is 4. The predicted molar refractivity (Wildman–Crippen MR) is 96.0 cm³/mol. The first kappa shape index (κ1) is 17.5. The fourth-order valence-corrected chi connectivity index (χ4v) is 4.91. The van der Waals surface area contributed by atoms with Crippen molar-refractivity contribution >= 4 is 17.8 Å². The Morgan fingerprint density at radius 1 is 1.15 bits per heavy atom. The molecule has 0 aromatic carbocycles. The molecule has 0 spiro atoms. The van der Waals surface area contributed by atoms with Crippen LogP contribution in [0, 0.1) is 17.8 Å². The largest absolute Gasteiger partial charge is 0.341 e. The highest BCUT2D eigenvalue weighted by atomic mass is 16.2. The van der Waals surface area contributed by atoms with Crippen molar-refractivity contribution in [3.05, 3.63) is 6.33 Å². The molecule has 2 bridgehead atoms. The molecule has 2 heterocycles. The Bertz CT molecular complexity index is 664. The van der Waals surface area contributed by atoms with Gasteiger partial charge in [0.15, 0.2) is 0 Å². The maximum Gasteiger partial charge on any atom is 0.248 e. The average molecular weight is 360 g/mol. The minimum atomic E-state index is -0.139. The number of carbonyl (C=O) groups excluding carboxylic acids is 2. The lowest BCUT2D eigenvalue weighted by molar-refractivity contribution is -0.132. The fraction of sp³-hybridized carbons (Fsp3) is 0.778. The third-order valence-corrected chi connectivity index (χ3v) is 6.31. The van der Waals surface area contributed by atoms with Crippen molar-refractivity contribution in [3.63, 3.8) is 0 Å². The monoisotopic (exact) mass is 360 g/mol. The second-order valence-electron chi connectivity index (χ2n) is 7.99. The number of likely N-dealkylation sites (tertiary alicyclic amines) is 1. The molecule has 4 unspecified atom stereocenters. The fourth-order valence-electron chi connectivity index (χ4n) is 4.91. The summed E-state index contributed by atoms with van der Waals surface area (Å²) in [5, 5.41) is 7.05. The van der Waals surface area contributed by atoms with E-state index in [1.54, 1.807) is 0 Å². The van der Waals surface area contributed by atoms with Gasteiger partial charge < -0.3 is 10.6 Å². The molecule has 8 nitrogen and oxygen atoms in total. The molecule has 2 saturated carbocycles. The maximum atomic E-state index is 12.6. The molecule has 3 N–H and O–H groups in total. The minimum absolute atomic E-state index is 0.0551. The molecule has 4 rings (SSSR count). The molecular formula is C18H28N6O2. The summed E-state index contributed by atoms with van der Waals surface area (Å²) in [6.07, 6.45) is 9.30. The third kappa shape index (κ3) is 3.47. The van der Waals surface area contributed by atoms with Crippen molar-refractivity contribution in [2.45, 2.75) is 57.5 Å². The Balaban J connectivity index is 1.33. The average Bonchev–Trinajstić information content (AvgIpc) is 3.26. The Hall–Kier alpha value is -1.96. The first-order valence-electron chi connectivity index (χ1n) is 9.85. The maximum absolute atomic E-state index is 12.6. The first-order chi connectivity index (χ1) is 12.6. The van der Waals surface area contributed by atoms with Crippen molar-refractivity contribution in [2.24, 2.45) is 23.5 Å². The molecule has 1 saturated heterocycles. The van der Waals surface area contributed by atoms with Gasteiger partial charge in [-0.25, -0.2) is 9.67 Å². The van der Waals surface area contributed by atoms with E-state index in [1.807, 2.05) is 4.90 Å². The Morgan fingerprint density at radius 2 is 1.88 bits per heavy atom. The number of rotatable bonds is 4. The van der Waals surface area contributed by atoms with Gasteiger partial charge in [0.1, 0.15) is 12.9 Å². The van der Waals surface area contributed by atoms with E-state index in [4.69, 9.17) is 5.73 Å². The van der Waals surface area contributed by atoms with Gasteiger partial charge in [0.2, 0.25) is 17.8 Å². The molecule has 26 heavy (non-hydrogen) atoms. The molecule has 3 aliphatic rings. The second kappa shape index (κ2) is 7.34. The summed E-state index contributed by atoms with van der Waals surface area (Å²) < 4.78 is 1.50. The summed E-state index contributed by atoms with van der Waals surface area (Å²) in [5.41, 5.74) is 6.23. The number of nitrogens with one attached hydrogen (secondary N) is 1. The molecule has 2 amide bonds. The third-order valence-electron chi connectivity index (χ3n) is 6.31. The van der Waals surface area contributed by atoms with E-state index < -0.39 is 0 Å². The van der Waals surface area contributed by atoms with Crippen LogP contribution in [0.3, 0.4) is 0 Å². The van der Waals surface area contributed by atoms with Crippen molar-refractivity contribution < 1.29 is 9.59 Å². The number of fused-ring (bicyclic) bond motifs is 2. The van der Waals surface area contributed by atoms with Crippen molar-refractivity contribution in [2.75, 3.05) is 18.4 Å². The summed E-state index contributed by atoms with van der Waals surface area (Å²) in [5.74, 6) is 0.966. The van der Waals surface area contributed by atoms with E-state index in [1.165, 1.54) is 23.9 Å². The summed E-state index contributed by atoms with van der Waals surface area (Å²) >= 11 is 0. The number of aromatic nitrogens is 3. The number of anilines is 1. The van der Waals surface area contributed by atoms with Gasteiger partial charge in [-0.2, -0.15) is 0 Å². The molecule has 1 aromatic rings. The molecule has 1 aliphatic heterocycles. The molecule has 4 atom stereocenters. The van der Waals surface area contributed by atoms with Crippen molar-refractivity contribution in [1.29, 1.82) is 0 Å². The van der Waals surface area contributed by atoms with Gasteiger partial charge in [0, 0.05) is 19.1 Å². The van der Waals surface area contributed by atoms with Crippen LogP contribution in [0.2, 0.25) is 0 Å². The number of amides is 2. The van der Waals surface area contributed by atoms with Crippen LogP contribution in [0.25, 0.3) is 0 Å². The molecule has 0 radical (unpaired) electrons. The van der Waals surface area contributed by atoms with Crippen LogP contribution in [0.1, 0.15) is 44.9 Å². The van der Waals surface area contributed by atoms with Gasteiger partial charge in [0.25, 0.3) is 0 Å². The Morgan fingerprint density at radius 3 is 2.58 bits per heavy atom. The Labute approximate surface area is 153 Å². The van der Waals surface area contributed by atoms with E-state index in [0.29, 0.717) is 11.8 Å². The second-order valence-corrected chi connectivity index (χ2v) is 7.99. The van der Waals surface area contributed by atoms with Crippen LogP contribution < -0.4 is 11.1 Å². The lowest BCUT2D eigenvalue weighted by atomic mass is 9.84. The highest BCUT2D eigenvalue weighted by molar-refractivity contribution is 5.92. The molecular weight excluding hydrogens is 332 g/mol. The Kier molecular flexibility index (Phi) is 4.93. The van der Waals surface area contributed by atoms with E-state index in [0.717, 1.165) is 45.2 Å². The quantitative estimate of drug-likeness (QED) is 0.833. The smallest absolute Gasteiger partial charge is 0.248 e. The van der Waals surface area contributed by atoms with Gasteiger partial charge in [-0.1, -0.05) is 12.8 Å². The zero-order chi connectivity index (χ0) is 18.1. The SMILES string of the molecule is NC1C2CCC(C2)C1C(=O)Nc1ncn(CC(=O)N2CCCCCC2)n1. The topological polar surface area (TPSA) is 106 Å². The van der Waals surface area contributed by atoms with Crippen LogP contribution in [0.5, 0.6) is 0 Å². The first-order valence-corrected chi connectivity index (χ1v) is 9.85. The summed E-state index contributed by atoms with van der Waals surface area (Å²) in [4.78, 5) is 31.0. The summed E-state index contributed by atoms with van der Waals surface area (Å²) in [6.45, 7) is 1.80. The molecule has 3 fully saturated rings. The highest BCUT2D eigenvalue weighted by Gasteiger charge is 2.49. The van der Waals surface area contributed by atoms with Gasteiger partial charge in [-0.15, -0.1) is 5.10 Å². The summed E-state index contributed by atoms with van der Waals surface area (Å²) in [6, 6.07) is -0.0551. The zero-order valence-electron chi connectivity index (χ0n) is 15.1. The highest BCUT2D eigenvalue weighted by Crippen LogP contribution is 2.47. The number of hydrogen-bond acceptors (Lipinski definition) is 5. The summed E-state index contributed by atoms with van der Waals surface area (Å²) in [7, 11) is 0. The van der Waals surface area contributed by atoms with Crippen molar-refractivity contribution in [1.82, 2.24) is 19.7 Å². The number of nitrogens with two attached hydrogens (primary N) is 1. The van der Waals surface area contributed by atoms with E-state index in [2.05, 4.69) is 15.4 Å². The van der Waals surface area contributed by atoms with Crippen LogP contribution in [0.15, 0.2) is 6.33 Å². The van der Waals surface area contributed by atoms with Crippen molar-refractivity contribution in [3.8, 4) is 0 Å². The van der Waals surface area contributed by atoms with E-state index in [9.17, 15) is 9.59 Å². The predicted octanol–water partition coefficient (Wildman–Crippen LogP) is 0.993. The van der Waals surface area contributed by atoms with Crippen LogP contribution >= 0.6 is 0 Å². The van der Waals surface area contributed by atoms with Gasteiger partial charge in [-0.3, -0.25) is 14.9 Å². The van der Waals surface area contributed by atoms with Gasteiger partial charge in [-0.05, 0) is 43.9 Å². The number of carbonyl (C=O) groups is 2. The van der Waals surface area contributed by atoms with Gasteiger partial charge >= 0.3 is 0 Å². The lowest BCUT2D eigenvalue weighted by Gasteiger charge is -2.26. The van der Waals surface area contributed by atoms with Crippen LogP contribution in [-0.2, 0) is 16.1 Å². The molecule has 8 heteroatoms. The normalized spacial score (nSPS) is 31.0. The number of hydrogen-bond donors (Lipinski definition) is 2. The zero-order valence-corrected chi connectivity index (χ0v) is 15.1. The molecule has 142 valence electrons. The van der Waals surface area contributed by atoms with Crippen LogP contribution in [-0.4, -0.2) is 50.6 Å². The van der Waals surface area contributed by atoms with Gasteiger partial charge in [0.05, 0.1) is 5.92 Å². The molecule has 2 aliphatic carbocycles. The minimum Gasteiger partial charge on any atom is -0.341 e. The van der Waals surface area contributed by atoms with E-state index >= 15 is 0 Å². The lowest BCUT2D eigenvalue weighted by Crippen LogP contribution is -2.42. The van der Waals surface area contributed by atoms with Crippen LogP contribution in [0.4, 0.5) is 5.95 Å². The van der Waals surface area contributed by atoms with E-state index in [-0.39, 0.29) is 36.3 Å².